The fourth-order valence-electron chi connectivity index (χ4n) is 1.08. The number of aliphatic hydroxyl groups excluding tert-OH is 1. The minimum Gasteiger partial charge on any atom is -0.445 e. The highest BCUT2D eigenvalue weighted by atomic mass is 19.4. The van der Waals surface area contributed by atoms with Gasteiger partial charge in [0.2, 0.25) is 0 Å². The lowest BCUT2D eigenvalue weighted by atomic mass is 10.2. The number of amides is 1. The third kappa shape index (κ3) is 4.62. The summed E-state index contributed by atoms with van der Waals surface area (Å²) in [6, 6.07) is 4.85. The average molecular weight is 264 g/mol. The second kappa shape index (κ2) is 6.25. The summed E-state index contributed by atoms with van der Waals surface area (Å²) in [7, 11) is 0. The van der Waals surface area contributed by atoms with Crippen molar-refractivity contribution in [2.24, 2.45) is 0 Å². The van der Waals surface area contributed by atoms with Gasteiger partial charge in [0.15, 0.2) is 6.02 Å². The summed E-state index contributed by atoms with van der Waals surface area (Å²) in [5, 5.41) is 9.86. The van der Waals surface area contributed by atoms with Gasteiger partial charge >= 0.3 is 12.3 Å². The molecule has 0 heterocycles. The first kappa shape index (κ1) is 12.7. The standard InChI is InChI=1S/C11H12F3NO3/c12-11(13,14)9(6-16)15-10(17)18-7-8-4-2-1-3-5-8/h1-5,9,16H,6-7H2,(H,15,17)/t9-/m1/s1/i9D. The third-order valence-electron chi connectivity index (χ3n) is 1.97. The number of ether oxygens (including phenoxy) is 1. The maximum atomic E-state index is 12.4. The van der Waals surface area contributed by atoms with Crippen molar-refractivity contribution in [3.05, 3.63) is 35.9 Å². The number of nitrogens with one attached hydrogen (secondary N) is 1. The Bertz CT molecular complexity index is 427. The Morgan fingerprint density at radius 1 is 1.44 bits per heavy atom. The molecule has 0 saturated carbocycles. The molecule has 1 aromatic rings. The molecule has 1 atom stereocenters. The predicted octanol–water partition coefficient (Wildman–Crippen LogP) is 1.84. The van der Waals surface area contributed by atoms with Crippen LogP contribution in [0.3, 0.4) is 0 Å². The summed E-state index contributed by atoms with van der Waals surface area (Å²) < 4.78 is 48.7. The number of benzene rings is 1. The van der Waals surface area contributed by atoms with Crippen LogP contribution in [-0.4, -0.2) is 30.0 Å². The van der Waals surface area contributed by atoms with Gasteiger partial charge < -0.3 is 15.2 Å². The molecule has 2 N–H and O–H groups in total. The van der Waals surface area contributed by atoms with E-state index in [4.69, 9.17) is 6.48 Å². The molecule has 4 nitrogen and oxygen atoms in total. The van der Waals surface area contributed by atoms with Crippen LogP contribution in [0.5, 0.6) is 0 Å². The number of carbonyl (C=O) groups excluding carboxylic acids is 1. The minimum absolute atomic E-state index is 0.230. The molecule has 0 aromatic heterocycles. The number of halogens is 3. The van der Waals surface area contributed by atoms with E-state index in [-0.39, 0.29) is 6.61 Å². The lowest BCUT2D eigenvalue weighted by molar-refractivity contribution is -0.162. The Morgan fingerprint density at radius 2 is 2.06 bits per heavy atom. The minimum atomic E-state index is -5.10. The van der Waals surface area contributed by atoms with Gasteiger partial charge in [-0.25, -0.2) is 4.79 Å². The van der Waals surface area contributed by atoms with E-state index < -0.39 is 24.9 Å². The third-order valence-corrected chi connectivity index (χ3v) is 1.97. The Hall–Kier alpha value is -1.76. The van der Waals surface area contributed by atoms with Crippen LogP contribution in [0.4, 0.5) is 18.0 Å². The van der Waals surface area contributed by atoms with Gasteiger partial charge in [0.1, 0.15) is 6.61 Å². The van der Waals surface area contributed by atoms with Gasteiger partial charge in [0.05, 0.1) is 7.98 Å². The molecule has 0 saturated heterocycles. The zero-order chi connectivity index (χ0) is 14.5. The maximum absolute atomic E-state index is 12.4. The van der Waals surface area contributed by atoms with Gasteiger partial charge in [0.25, 0.3) is 0 Å². The van der Waals surface area contributed by atoms with Crippen molar-refractivity contribution in [2.75, 3.05) is 6.61 Å². The quantitative estimate of drug-likeness (QED) is 0.872. The summed E-state index contributed by atoms with van der Waals surface area (Å²) in [5.41, 5.74) is 0.587. The van der Waals surface area contributed by atoms with Crippen LogP contribution >= 0.6 is 0 Å². The van der Waals surface area contributed by atoms with Crippen molar-refractivity contribution in [3.63, 3.8) is 0 Å². The largest absolute Gasteiger partial charge is 0.445 e. The molecular weight excluding hydrogens is 251 g/mol. The Labute approximate surface area is 103 Å². The smallest absolute Gasteiger partial charge is 0.410 e. The lowest BCUT2D eigenvalue weighted by Gasteiger charge is -2.18. The zero-order valence-corrected chi connectivity index (χ0v) is 9.20. The molecule has 100 valence electrons. The number of aliphatic hydroxyl groups is 1. The monoisotopic (exact) mass is 264 g/mol. The number of alkyl carbamates (subject to hydrolysis) is 1. The molecule has 0 radical (unpaired) electrons. The molecule has 0 unspecified atom stereocenters. The van der Waals surface area contributed by atoms with Crippen molar-refractivity contribution in [2.45, 2.75) is 18.8 Å². The highest BCUT2D eigenvalue weighted by molar-refractivity contribution is 5.67. The van der Waals surface area contributed by atoms with E-state index in [0.29, 0.717) is 5.56 Å². The van der Waals surface area contributed by atoms with Crippen molar-refractivity contribution >= 4 is 6.09 Å². The molecule has 0 aliphatic carbocycles. The van der Waals surface area contributed by atoms with Crippen molar-refractivity contribution in [3.8, 4) is 0 Å². The van der Waals surface area contributed by atoms with Crippen LogP contribution in [0.1, 0.15) is 6.93 Å². The van der Waals surface area contributed by atoms with E-state index >= 15 is 0 Å². The number of alkyl halides is 3. The highest BCUT2D eigenvalue weighted by Gasteiger charge is 2.40. The number of carbonyl (C=O) groups is 1. The van der Waals surface area contributed by atoms with E-state index in [1.807, 2.05) is 0 Å². The average Bonchev–Trinajstić information content (AvgIpc) is 2.36. The molecule has 1 amide bonds. The van der Waals surface area contributed by atoms with Gasteiger partial charge in [-0.1, -0.05) is 30.3 Å². The zero-order valence-electron chi connectivity index (χ0n) is 10.2. The molecule has 0 aliphatic rings. The summed E-state index contributed by atoms with van der Waals surface area (Å²) >= 11 is 0. The van der Waals surface area contributed by atoms with Crippen molar-refractivity contribution in [1.82, 2.24) is 5.32 Å². The first-order valence-corrected chi connectivity index (χ1v) is 4.95. The van der Waals surface area contributed by atoms with E-state index in [9.17, 15) is 18.0 Å². The molecule has 0 spiro atoms. The Morgan fingerprint density at radius 3 is 2.56 bits per heavy atom. The van der Waals surface area contributed by atoms with E-state index in [1.54, 1.807) is 30.3 Å². The summed E-state index contributed by atoms with van der Waals surface area (Å²) in [6.07, 6.45) is -6.53. The van der Waals surface area contributed by atoms with Crippen LogP contribution in [0, 0.1) is 0 Å². The molecule has 18 heavy (non-hydrogen) atoms. The second-order valence-electron chi connectivity index (χ2n) is 3.32. The normalized spacial score (nSPS) is 15.4. The SMILES string of the molecule is [2H][C@](CO)(NC(=O)OCc1ccccc1)C(F)(F)F. The molecule has 0 fully saturated rings. The first-order chi connectivity index (χ1) is 8.78. The summed E-state index contributed by atoms with van der Waals surface area (Å²) in [6.45, 7) is -1.83. The van der Waals surface area contributed by atoms with E-state index in [1.165, 1.54) is 5.32 Å². The second-order valence-corrected chi connectivity index (χ2v) is 3.32. The number of rotatable bonds is 4. The predicted molar refractivity (Wildman–Crippen MR) is 56.7 cm³/mol. The van der Waals surface area contributed by atoms with E-state index in [2.05, 4.69) is 4.74 Å². The van der Waals surface area contributed by atoms with Crippen LogP contribution in [-0.2, 0) is 11.3 Å². The number of hydrogen-bond donors (Lipinski definition) is 2. The summed E-state index contributed by atoms with van der Waals surface area (Å²) in [5.74, 6) is 0. The molecule has 0 bridgehead atoms. The molecular formula is C11H12F3NO3. The van der Waals surface area contributed by atoms with Gasteiger partial charge in [-0.05, 0) is 5.56 Å². The van der Waals surface area contributed by atoms with Gasteiger partial charge in [0, 0.05) is 0 Å². The lowest BCUT2D eigenvalue weighted by Crippen LogP contribution is -2.47. The van der Waals surface area contributed by atoms with Crippen LogP contribution < -0.4 is 5.32 Å². The molecule has 1 aromatic carbocycles. The topological polar surface area (TPSA) is 58.6 Å². The molecule has 7 heteroatoms. The van der Waals surface area contributed by atoms with Crippen LogP contribution in [0.15, 0.2) is 30.3 Å². The van der Waals surface area contributed by atoms with Gasteiger partial charge in [-0.3, -0.25) is 0 Å². The van der Waals surface area contributed by atoms with Gasteiger partial charge in [-0.15, -0.1) is 0 Å². The van der Waals surface area contributed by atoms with Crippen molar-refractivity contribution in [1.29, 1.82) is 0 Å². The van der Waals surface area contributed by atoms with E-state index in [0.717, 1.165) is 0 Å². The number of hydrogen-bond acceptors (Lipinski definition) is 3. The molecule has 0 aliphatic heterocycles. The fraction of sp³-hybridized carbons (Fsp3) is 0.364. The maximum Gasteiger partial charge on any atom is 0.410 e. The highest BCUT2D eigenvalue weighted by Crippen LogP contribution is 2.19. The Balaban J connectivity index is 2.55. The van der Waals surface area contributed by atoms with Gasteiger partial charge in [-0.2, -0.15) is 13.2 Å². The molecule has 1 rings (SSSR count). The fourth-order valence-corrected chi connectivity index (χ4v) is 1.08. The van der Waals surface area contributed by atoms with Crippen LogP contribution in [0.25, 0.3) is 0 Å². The van der Waals surface area contributed by atoms with Crippen LogP contribution in [0.2, 0.25) is 0 Å². The Kier molecular flexibility index (Phi) is 4.40. The van der Waals surface area contributed by atoms with Crippen molar-refractivity contribution < 1.29 is 29.2 Å². The first-order valence-electron chi connectivity index (χ1n) is 5.45. The summed E-state index contributed by atoms with van der Waals surface area (Å²) in [4.78, 5) is 11.2.